The summed E-state index contributed by atoms with van der Waals surface area (Å²) in [6.45, 7) is 5.88. The van der Waals surface area contributed by atoms with Crippen molar-refractivity contribution in [2.45, 2.75) is 58.0 Å². The number of hydrogen-bond acceptors (Lipinski definition) is 3. The van der Waals surface area contributed by atoms with Crippen LogP contribution in [0.5, 0.6) is 0 Å². The zero-order valence-electron chi connectivity index (χ0n) is 13.0. The van der Waals surface area contributed by atoms with Crippen LogP contribution in [0.4, 0.5) is 0 Å². The lowest BCUT2D eigenvalue weighted by Gasteiger charge is -2.24. The lowest BCUT2D eigenvalue weighted by atomic mass is 10.0. The molecule has 2 N–H and O–H groups in total. The maximum atomic E-state index is 11.9. The second kappa shape index (κ2) is 8.54. The highest BCUT2D eigenvalue weighted by atomic mass is 16.2. The molecule has 0 spiro atoms. The molecule has 112 valence electrons. The van der Waals surface area contributed by atoms with E-state index in [2.05, 4.69) is 43.5 Å². The zero-order chi connectivity index (χ0) is 14.3. The third-order valence-electron chi connectivity index (χ3n) is 3.61. The first-order valence-corrected chi connectivity index (χ1v) is 7.65. The Morgan fingerprint density at radius 3 is 2.42 bits per heavy atom. The molecule has 0 aromatic carbocycles. The Morgan fingerprint density at radius 2 is 1.89 bits per heavy atom. The van der Waals surface area contributed by atoms with Gasteiger partial charge in [0, 0.05) is 18.6 Å². The van der Waals surface area contributed by atoms with Crippen molar-refractivity contribution in [3.63, 3.8) is 0 Å². The van der Waals surface area contributed by atoms with Crippen LogP contribution in [0, 0.1) is 5.92 Å². The van der Waals surface area contributed by atoms with E-state index in [-0.39, 0.29) is 5.91 Å². The van der Waals surface area contributed by atoms with Crippen molar-refractivity contribution in [3.8, 4) is 0 Å². The van der Waals surface area contributed by atoms with Gasteiger partial charge in [-0.2, -0.15) is 0 Å². The van der Waals surface area contributed by atoms with Gasteiger partial charge >= 0.3 is 0 Å². The van der Waals surface area contributed by atoms with Gasteiger partial charge < -0.3 is 15.5 Å². The van der Waals surface area contributed by atoms with E-state index in [0.717, 1.165) is 25.8 Å². The minimum absolute atomic E-state index is 0.152. The summed E-state index contributed by atoms with van der Waals surface area (Å²) in [5, 5.41) is 6.53. The van der Waals surface area contributed by atoms with Crippen LogP contribution in [-0.2, 0) is 4.79 Å². The molecule has 1 rings (SSSR count). The molecule has 4 nitrogen and oxygen atoms in total. The highest BCUT2D eigenvalue weighted by molar-refractivity contribution is 5.78. The number of rotatable bonds is 8. The Bertz CT molecular complexity index is 250. The molecule has 19 heavy (non-hydrogen) atoms. The molecule has 1 unspecified atom stereocenters. The van der Waals surface area contributed by atoms with Crippen LogP contribution in [-0.4, -0.2) is 50.1 Å². The summed E-state index contributed by atoms with van der Waals surface area (Å²) in [4.78, 5) is 14.1. The maximum Gasteiger partial charge on any atom is 0.234 e. The molecule has 0 aliphatic heterocycles. The number of carbonyl (C=O) groups excluding carboxylic acids is 1. The summed E-state index contributed by atoms with van der Waals surface area (Å²) in [6.07, 6.45) is 5.93. The quantitative estimate of drug-likeness (QED) is 0.704. The monoisotopic (exact) mass is 269 g/mol. The molecule has 0 aromatic heterocycles. The number of nitrogens with one attached hydrogen (secondary N) is 2. The molecule has 0 aromatic rings. The molecule has 1 atom stereocenters. The summed E-state index contributed by atoms with van der Waals surface area (Å²) in [6, 6.07) is 0.816. The van der Waals surface area contributed by atoms with Crippen molar-refractivity contribution in [3.05, 3.63) is 0 Å². The Balaban J connectivity index is 2.26. The van der Waals surface area contributed by atoms with Crippen molar-refractivity contribution in [1.29, 1.82) is 0 Å². The predicted molar refractivity (Wildman–Crippen MR) is 80.2 cm³/mol. The number of likely N-dealkylation sites (N-methyl/N-ethyl adjacent to an activating group) is 1. The van der Waals surface area contributed by atoms with Crippen LogP contribution in [0.1, 0.15) is 46.0 Å². The van der Waals surface area contributed by atoms with Gasteiger partial charge in [-0.05, 0) is 39.3 Å². The molecule has 1 amide bonds. The van der Waals surface area contributed by atoms with E-state index in [1.54, 1.807) is 0 Å². The molecular weight excluding hydrogens is 238 g/mol. The van der Waals surface area contributed by atoms with Crippen LogP contribution >= 0.6 is 0 Å². The fourth-order valence-corrected chi connectivity index (χ4v) is 2.82. The van der Waals surface area contributed by atoms with Crippen molar-refractivity contribution >= 4 is 5.91 Å². The van der Waals surface area contributed by atoms with Crippen molar-refractivity contribution in [1.82, 2.24) is 15.5 Å². The average Bonchev–Trinajstić information content (AvgIpc) is 2.77. The minimum Gasteiger partial charge on any atom is -0.352 e. The largest absolute Gasteiger partial charge is 0.352 e. The SMILES string of the molecule is CC(C)CC(CN(C)C)NCC(=O)NC1CCCC1. The Hall–Kier alpha value is -0.610. The first-order valence-electron chi connectivity index (χ1n) is 7.65. The fourth-order valence-electron chi connectivity index (χ4n) is 2.82. The highest BCUT2D eigenvalue weighted by Gasteiger charge is 2.18. The number of amides is 1. The minimum atomic E-state index is 0.152. The van der Waals surface area contributed by atoms with Crippen LogP contribution < -0.4 is 10.6 Å². The molecule has 4 heteroatoms. The maximum absolute atomic E-state index is 11.9. The Kier molecular flexibility index (Phi) is 7.39. The fraction of sp³-hybridized carbons (Fsp3) is 0.933. The molecule has 1 aliphatic carbocycles. The first-order chi connectivity index (χ1) is 8.97. The molecule has 0 saturated heterocycles. The predicted octanol–water partition coefficient (Wildman–Crippen LogP) is 1.61. The first kappa shape index (κ1) is 16.4. The second-order valence-corrected chi connectivity index (χ2v) is 6.52. The number of carbonyl (C=O) groups is 1. The van der Waals surface area contributed by atoms with Crippen LogP contribution in [0.15, 0.2) is 0 Å². The number of hydrogen-bond donors (Lipinski definition) is 2. The van der Waals surface area contributed by atoms with Crippen molar-refractivity contribution in [2.75, 3.05) is 27.2 Å². The third kappa shape index (κ3) is 7.53. The van der Waals surface area contributed by atoms with E-state index in [1.807, 2.05) is 0 Å². The summed E-state index contributed by atoms with van der Waals surface area (Å²) < 4.78 is 0. The summed E-state index contributed by atoms with van der Waals surface area (Å²) in [7, 11) is 4.15. The van der Waals surface area contributed by atoms with Gasteiger partial charge in [0.1, 0.15) is 0 Å². The molecule has 1 aliphatic rings. The molecular formula is C15H31N3O. The summed E-state index contributed by atoms with van der Waals surface area (Å²) in [5.41, 5.74) is 0. The molecule has 0 bridgehead atoms. The van der Waals surface area contributed by atoms with E-state index in [9.17, 15) is 4.79 Å². The molecule has 1 fully saturated rings. The second-order valence-electron chi connectivity index (χ2n) is 6.52. The van der Waals surface area contributed by atoms with Crippen LogP contribution in [0.25, 0.3) is 0 Å². The smallest absolute Gasteiger partial charge is 0.234 e. The lowest BCUT2D eigenvalue weighted by molar-refractivity contribution is -0.121. The number of nitrogens with zero attached hydrogens (tertiary/aromatic N) is 1. The van der Waals surface area contributed by atoms with E-state index >= 15 is 0 Å². The Labute approximate surface area is 118 Å². The summed E-state index contributed by atoms with van der Waals surface area (Å²) >= 11 is 0. The standard InChI is InChI=1S/C15H31N3O/c1-12(2)9-14(11-18(3)4)16-10-15(19)17-13-7-5-6-8-13/h12-14,16H,5-11H2,1-4H3,(H,17,19). The molecule has 1 saturated carbocycles. The van der Waals surface area contributed by atoms with Crippen molar-refractivity contribution in [2.24, 2.45) is 5.92 Å². The Morgan fingerprint density at radius 1 is 1.26 bits per heavy atom. The highest BCUT2D eigenvalue weighted by Crippen LogP contribution is 2.17. The normalized spacial score (nSPS) is 18.2. The van der Waals surface area contributed by atoms with Gasteiger partial charge in [0.05, 0.1) is 6.54 Å². The van der Waals surface area contributed by atoms with Gasteiger partial charge in [-0.25, -0.2) is 0 Å². The van der Waals surface area contributed by atoms with Crippen LogP contribution in [0.2, 0.25) is 0 Å². The van der Waals surface area contributed by atoms with E-state index in [4.69, 9.17) is 0 Å². The zero-order valence-corrected chi connectivity index (χ0v) is 13.0. The van der Waals surface area contributed by atoms with Crippen LogP contribution in [0.3, 0.4) is 0 Å². The molecule has 0 heterocycles. The average molecular weight is 269 g/mol. The van der Waals surface area contributed by atoms with Gasteiger partial charge in [0.15, 0.2) is 0 Å². The topological polar surface area (TPSA) is 44.4 Å². The van der Waals surface area contributed by atoms with Gasteiger partial charge in [-0.15, -0.1) is 0 Å². The van der Waals surface area contributed by atoms with Gasteiger partial charge in [0.25, 0.3) is 0 Å². The van der Waals surface area contributed by atoms with Gasteiger partial charge in [-0.3, -0.25) is 4.79 Å². The lowest BCUT2D eigenvalue weighted by Crippen LogP contribution is -2.45. The van der Waals surface area contributed by atoms with Crippen molar-refractivity contribution < 1.29 is 4.79 Å². The molecule has 0 radical (unpaired) electrons. The van der Waals surface area contributed by atoms with Gasteiger partial charge in [0.2, 0.25) is 5.91 Å². The van der Waals surface area contributed by atoms with Gasteiger partial charge in [-0.1, -0.05) is 26.7 Å². The van der Waals surface area contributed by atoms with E-state index in [0.29, 0.717) is 24.5 Å². The third-order valence-corrected chi connectivity index (χ3v) is 3.61. The summed E-state index contributed by atoms with van der Waals surface area (Å²) in [5.74, 6) is 0.801. The van der Waals surface area contributed by atoms with E-state index < -0.39 is 0 Å². The van der Waals surface area contributed by atoms with E-state index in [1.165, 1.54) is 12.8 Å².